The highest BCUT2D eigenvalue weighted by molar-refractivity contribution is 7.89. The Morgan fingerprint density at radius 3 is 2.32 bits per heavy atom. The van der Waals surface area contributed by atoms with Crippen LogP contribution >= 0.6 is 0 Å². The van der Waals surface area contributed by atoms with Crippen molar-refractivity contribution in [3.05, 3.63) is 90.4 Å². The number of halogens is 2. The van der Waals surface area contributed by atoms with Gasteiger partial charge >= 0.3 is 0 Å². The molecule has 5 aromatic rings. The van der Waals surface area contributed by atoms with Crippen molar-refractivity contribution < 1.29 is 17.2 Å². The van der Waals surface area contributed by atoms with Gasteiger partial charge in [-0.25, -0.2) is 21.7 Å². The molecule has 0 saturated carbocycles. The minimum Gasteiger partial charge on any atom is -0.268 e. The molecule has 0 aliphatic carbocycles. The monoisotopic (exact) mass is 478 g/mol. The SMILES string of the molecule is Cn1nccc1-c1ccc2c(-c3cc(CS(C)(=O)=O)cc(-c4ccc(F)cc4F)c3)cnn2c1. The van der Waals surface area contributed by atoms with Crippen molar-refractivity contribution in [2.24, 2.45) is 7.05 Å². The third-order valence-electron chi connectivity index (χ3n) is 5.61. The molecule has 6 nitrogen and oxygen atoms in total. The normalized spacial score (nSPS) is 11.9. The van der Waals surface area contributed by atoms with Gasteiger partial charge in [-0.1, -0.05) is 0 Å². The molecule has 5 rings (SSSR count). The van der Waals surface area contributed by atoms with Crippen LogP contribution in [-0.4, -0.2) is 34.1 Å². The Morgan fingerprint density at radius 1 is 0.882 bits per heavy atom. The lowest BCUT2D eigenvalue weighted by molar-refractivity contribution is 0.585. The molecular formula is C25H20F2N4O2S. The molecule has 0 aliphatic heterocycles. The van der Waals surface area contributed by atoms with Gasteiger partial charge < -0.3 is 0 Å². The number of benzene rings is 2. The molecule has 0 spiro atoms. The summed E-state index contributed by atoms with van der Waals surface area (Å²) in [4.78, 5) is 0. The Hall–Kier alpha value is -3.85. The third kappa shape index (κ3) is 4.22. The summed E-state index contributed by atoms with van der Waals surface area (Å²) in [5.74, 6) is -1.61. The van der Waals surface area contributed by atoms with E-state index in [-0.39, 0.29) is 11.3 Å². The zero-order chi connectivity index (χ0) is 24.0. The summed E-state index contributed by atoms with van der Waals surface area (Å²) in [5, 5.41) is 8.68. The minimum absolute atomic E-state index is 0.188. The lowest BCUT2D eigenvalue weighted by atomic mass is 9.96. The molecule has 0 N–H and O–H groups in total. The van der Waals surface area contributed by atoms with E-state index in [4.69, 9.17) is 0 Å². The van der Waals surface area contributed by atoms with Crippen molar-refractivity contribution in [1.82, 2.24) is 19.4 Å². The van der Waals surface area contributed by atoms with Crippen LogP contribution in [0.3, 0.4) is 0 Å². The van der Waals surface area contributed by atoms with Crippen LogP contribution in [0.25, 0.3) is 39.0 Å². The van der Waals surface area contributed by atoms with Gasteiger partial charge in [-0.2, -0.15) is 10.2 Å². The van der Waals surface area contributed by atoms with E-state index in [1.807, 2.05) is 31.4 Å². The first kappa shape index (κ1) is 22.0. The number of aromatic nitrogens is 4. The van der Waals surface area contributed by atoms with Crippen LogP contribution in [0.1, 0.15) is 5.56 Å². The summed E-state index contributed by atoms with van der Waals surface area (Å²) in [6.45, 7) is 0. The van der Waals surface area contributed by atoms with Gasteiger partial charge in [0, 0.05) is 48.5 Å². The largest absolute Gasteiger partial charge is 0.268 e. The van der Waals surface area contributed by atoms with Gasteiger partial charge in [0.25, 0.3) is 0 Å². The molecule has 9 heteroatoms. The van der Waals surface area contributed by atoms with Crippen LogP contribution in [0.4, 0.5) is 8.78 Å². The van der Waals surface area contributed by atoms with Gasteiger partial charge in [-0.05, 0) is 65.2 Å². The van der Waals surface area contributed by atoms with Gasteiger partial charge in [-0.3, -0.25) is 4.68 Å². The molecule has 0 radical (unpaired) electrons. The van der Waals surface area contributed by atoms with E-state index >= 15 is 0 Å². The lowest BCUT2D eigenvalue weighted by Gasteiger charge is -2.11. The predicted molar refractivity (Wildman–Crippen MR) is 127 cm³/mol. The Balaban J connectivity index is 1.66. The number of sulfone groups is 1. The second kappa shape index (κ2) is 8.18. The average molecular weight is 479 g/mol. The minimum atomic E-state index is -3.34. The molecule has 34 heavy (non-hydrogen) atoms. The number of nitrogens with zero attached hydrogens (tertiary/aromatic N) is 4. The van der Waals surface area contributed by atoms with Crippen molar-refractivity contribution in [2.45, 2.75) is 5.75 Å². The molecule has 0 bridgehead atoms. The molecule has 0 amide bonds. The van der Waals surface area contributed by atoms with Crippen LogP contribution < -0.4 is 0 Å². The molecule has 3 heterocycles. The Kier molecular flexibility index (Phi) is 5.28. The van der Waals surface area contributed by atoms with E-state index < -0.39 is 21.5 Å². The van der Waals surface area contributed by atoms with Crippen molar-refractivity contribution >= 4 is 15.4 Å². The van der Waals surface area contributed by atoms with Gasteiger partial charge in [0.15, 0.2) is 9.84 Å². The second-order valence-corrected chi connectivity index (χ2v) is 10.4. The smallest absolute Gasteiger partial charge is 0.151 e. The third-order valence-corrected chi connectivity index (χ3v) is 6.47. The molecule has 0 fully saturated rings. The maximum Gasteiger partial charge on any atom is 0.151 e. The van der Waals surface area contributed by atoms with E-state index in [1.165, 1.54) is 12.1 Å². The molecule has 0 atom stereocenters. The molecule has 0 saturated heterocycles. The highest BCUT2D eigenvalue weighted by atomic mass is 32.2. The topological polar surface area (TPSA) is 69.3 Å². The summed E-state index contributed by atoms with van der Waals surface area (Å²) in [6.07, 6.45) is 6.44. The fourth-order valence-corrected chi connectivity index (χ4v) is 4.90. The van der Waals surface area contributed by atoms with Crippen molar-refractivity contribution in [1.29, 1.82) is 0 Å². The van der Waals surface area contributed by atoms with Crippen molar-refractivity contribution in [3.63, 3.8) is 0 Å². The van der Waals surface area contributed by atoms with Crippen LogP contribution in [0, 0.1) is 11.6 Å². The zero-order valence-corrected chi connectivity index (χ0v) is 19.2. The Morgan fingerprint density at radius 2 is 1.65 bits per heavy atom. The zero-order valence-electron chi connectivity index (χ0n) is 18.4. The Bertz CT molecular complexity index is 1660. The predicted octanol–water partition coefficient (Wildman–Crippen LogP) is 4.89. The van der Waals surface area contributed by atoms with Crippen LogP contribution in [0.2, 0.25) is 0 Å². The van der Waals surface area contributed by atoms with E-state index in [1.54, 1.807) is 39.8 Å². The van der Waals surface area contributed by atoms with Gasteiger partial charge in [0.1, 0.15) is 11.6 Å². The molecule has 2 aromatic carbocycles. The van der Waals surface area contributed by atoms with Crippen molar-refractivity contribution in [2.75, 3.05) is 6.26 Å². The summed E-state index contributed by atoms with van der Waals surface area (Å²) >= 11 is 0. The van der Waals surface area contributed by atoms with Crippen LogP contribution in [0.5, 0.6) is 0 Å². The first-order chi connectivity index (χ1) is 16.2. The maximum atomic E-state index is 14.6. The van der Waals surface area contributed by atoms with Gasteiger partial charge in [0.05, 0.1) is 23.2 Å². The van der Waals surface area contributed by atoms with Gasteiger partial charge in [-0.15, -0.1) is 0 Å². The first-order valence-corrected chi connectivity index (χ1v) is 12.5. The van der Waals surface area contributed by atoms with E-state index in [0.29, 0.717) is 16.7 Å². The van der Waals surface area contributed by atoms with Crippen LogP contribution in [0.15, 0.2) is 73.2 Å². The molecular weight excluding hydrogens is 458 g/mol. The van der Waals surface area contributed by atoms with E-state index in [9.17, 15) is 17.2 Å². The number of hydrogen-bond acceptors (Lipinski definition) is 4. The number of pyridine rings is 1. The first-order valence-electron chi connectivity index (χ1n) is 10.4. The highest BCUT2D eigenvalue weighted by Gasteiger charge is 2.15. The fraction of sp³-hybridized carbons (Fsp3) is 0.120. The van der Waals surface area contributed by atoms with E-state index in [2.05, 4.69) is 10.2 Å². The molecule has 0 aliphatic rings. The summed E-state index contributed by atoms with van der Waals surface area (Å²) in [7, 11) is -1.48. The fourth-order valence-electron chi connectivity index (χ4n) is 4.13. The average Bonchev–Trinajstić information content (AvgIpc) is 3.37. The summed E-state index contributed by atoms with van der Waals surface area (Å²) < 4.78 is 55.5. The highest BCUT2D eigenvalue weighted by Crippen LogP contribution is 2.33. The summed E-state index contributed by atoms with van der Waals surface area (Å²) in [6, 6.07) is 14.3. The quantitative estimate of drug-likeness (QED) is 0.361. The second-order valence-electron chi connectivity index (χ2n) is 8.26. The Labute approximate surface area is 195 Å². The summed E-state index contributed by atoms with van der Waals surface area (Å²) in [5.41, 5.74) is 5.26. The van der Waals surface area contributed by atoms with Crippen LogP contribution in [-0.2, 0) is 22.6 Å². The number of aryl methyl sites for hydroxylation is 1. The number of hydrogen-bond donors (Lipinski definition) is 0. The molecule has 3 aromatic heterocycles. The number of rotatable bonds is 5. The molecule has 172 valence electrons. The maximum absolute atomic E-state index is 14.6. The standard InChI is InChI=1S/C25H20F2N4O2S/c1-30-24(7-8-28-30)17-3-6-25-22(13-29-31(25)14-17)19-10-16(15-34(2,32)33)9-18(11-19)21-5-4-20(26)12-23(21)27/h3-14H,15H2,1-2H3. The molecule has 0 unspecified atom stereocenters. The van der Waals surface area contributed by atoms with Gasteiger partial charge in [0.2, 0.25) is 0 Å². The lowest BCUT2D eigenvalue weighted by Crippen LogP contribution is -2.01. The van der Waals surface area contributed by atoms with E-state index in [0.717, 1.165) is 34.7 Å². The van der Waals surface area contributed by atoms with Crippen molar-refractivity contribution in [3.8, 4) is 33.5 Å². The number of fused-ring (bicyclic) bond motifs is 1.